The Morgan fingerprint density at radius 1 is 1.50 bits per heavy atom. The number of aliphatic hydroxyl groups is 1. The van der Waals surface area contributed by atoms with E-state index in [9.17, 15) is 0 Å². The summed E-state index contributed by atoms with van der Waals surface area (Å²) in [6, 6.07) is 5.78. The van der Waals surface area contributed by atoms with Crippen molar-refractivity contribution in [1.82, 2.24) is 9.38 Å². The molecule has 0 unspecified atom stereocenters. The highest BCUT2D eigenvalue weighted by Crippen LogP contribution is 2.15. The van der Waals surface area contributed by atoms with E-state index in [0.29, 0.717) is 5.82 Å². The monoisotopic (exact) mass is 226 g/mol. The Hall–Kier alpha value is -0.870. The summed E-state index contributed by atoms with van der Waals surface area (Å²) in [6.07, 6.45) is 1.73. The largest absolute Gasteiger partial charge is 0.388 e. The molecule has 2 aromatic heterocycles. The molecule has 2 heterocycles. The predicted octanol–water partition coefficient (Wildman–Crippen LogP) is 1.59. The van der Waals surface area contributed by atoms with E-state index in [1.54, 1.807) is 6.20 Å². The second kappa shape index (κ2) is 2.88. The Labute approximate surface area is 77.8 Å². The van der Waals surface area contributed by atoms with Gasteiger partial charge in [-0.25, -0.2) is 4.98 Å². The van der Waals surface area contributed by atoms with Gasteiger partial charge in [0.25, 0.3) is 0 Å². The normalized spacial score (nSPS) is 10.8. The van der Waals surface area contributed by atoms with E-state index >= 15 is 0 Å². The molecule has 62 valence electrons. The van der Waals surface area contributed by atoms with Crippen molar-refractivity contribution in [3.63, 3.8) is 0 Å². The first kappa shape index (κ1) is 7.76. The van der Waals surface area contributed by atoms with E-state index in [1.807, 2.05) is 22.6 Å². The predicted molar refractivity (Wildman–Crippen MR) is 48.8 cm³/mol. The van der Waals surface area contributed by atoms with Gasteiger partial charge in [-0.2, -0.15) is 0 Å². The molecule has 0 spiro atoms. The molecule has 0 aliphatic rings. The number of nitrogens with zero attached hydrogens (tertiary/aromatic N) is 2. The van der Waals surface area contributed by atoms with Crippen molar-refractivity contribution < 1.29 is 5.11 Å². The molecule has 0 fully saturated rings. The molecule has 0 saturated heterocycles. The average Bonchev–Trinajstić information content (AvgIpc) is 2.49. The van der Waals surface area contributed by atoms with Crippen LogP contribution in [-0.2, 0) is 6.61 Å². The van der Waals surface area contributed by atoms with Crippen LogP contribution in [0.15, 0.2) is 29.0 Å². The van der Waals surface area contributed by atoms with Crippen LogP contribution in [0.1, 0.15) is 5.82 Å². The van der Waals surface area contributed by atoms with Crippen molar-refractivity contribution in [3.8, 4) is 0 Å². The van der Waals surface area contributed by atoms with Crippen molar-refractivity contribution in [3.05, 3.63) is 34.8 Å². The molecule has 1 N–H and O–H groups in total. The zero-order valence-electron chi connectivity index (χ0n) is 6.24. The molecule has 0 saturated carbocycles. The third kappa shape index (κ3) is 1.04. The molecule has 0 radical (unpaired) electrons. The van der Waals surface area contributed by atoms with Crippen LogP contribution < -0.4 is 0 Å². The van der Waals surface area contributed by atoms with Gasteiger partial charge in [-0.3, -0.25) is 4.40 Å². The van der Waals surface area contributed by atoms with Crippen molar-refractivity contribution in [2.45, 2.75) is 6.61 Å². The highest BCUT2D eigenvalue weighted by molar-refractivity contribution is 9.10. The molecule has 2 aromatic rings. The van der Waals surface area contributed by atoms with Gasteiger partial charge in [0.05, 0.1) is 16.3 Å². The van der Waals surface area contributed by atoms with E-state index in [4.69, 9.17) is 5.11 Å². The van der Waals surface area contributed by atoms with E-state index in [0.717, 1.165) is 10.1 Å². The molecule has 12 heavy (non-hydrogen) atoms. The zero-order valence-corrected chi connectivity index (χ0v) is 7.82. The quantitative estimate of drug-likeness (QED) is 0.751. The Morgan fingerprint density at radius 3 is 3.08 bits per heavy atom. The van der Waals surface area contributed by atoms with E-state index in [1.165, 1.54) is 0 Å². The molecule has 3 nitrogen and oxygen atoms in total. The van der Waals surface area contributed by atoms with Gasteiger partial charge in [0.2, 0.25) is 0 Å². The van der Waals surface area contributed by atoms with Crippen LogP contribution in [0.25, 0.3) is 5.52 Å². The van der Waals surface area contributed by atoms with Crippen LogP contribution in [0.5, 0.6) is 0 Å². The first-order valence-corrected chi connectivity index (χ1v) is 4.34. The molecule has 0 bridgehead atoms. The summed E-state index contributed by atoms with van der Waals surface area (Å²) < 4.78 is 2.77. The first-order chi connectivity index (χ1) is 5.83. The van der Waals surface area contributed by atoms with E-state index in [2.05, 4.69) is 20.9 Å². The topological polar surface area (TPSA) is 37.5 Å². The molecular formula is C8H7BrN2O. The molecule has 0 aromatic carbocycles. The Balaban J connectivity index is 2.83. The van der Waals surface area contributed by atoms with Crippen LogP contribution in [0.3, 0.4) is 0 Å². The lowest BCUT2D eigenvalue weighted by Gasteiger charge is -1.99. The maximum Gasteiger partial charge on any atom is 0.139 e. The number of hydrogen-bond donors (Lipinski definition) is 1. The van der Waals surface area contributed by atoms with Gasteiger partial charge in [-0.1, -0.05) is 6.07 Å². The minimum Gasteiger partial charge on any atom is -0.388 e. The number of imidazole rings is 1. The van der Waals surface area contributed by atoms with Crippen LogP contribution in [0.2, 0.25) is 0 Å². The highest BCUT2D eigenvalue weighted by Gasteiger charge is 2.03. The molecule has 2 rings (SSSR count). The van der Waals surface area contributed by atoms with Gasteiger partial charge < -0.3 is 5.11 Å². The van der Waals surface area contributed by atoms with Crippen molar-refractivity contribution in [2.24, 2.45) is 0 Å². The number of halogens is 1. The Kier molecular flexibility index (Phi) is 1.86. The van der Waals surface area contributed by atoms with Gasteiger partial charge in [0.15, 0.2) is 0 Å². The van der Waals surface area contributed by atoms with Gasteiger partial charge >= 0.3 is 0 Å². The van der Waals surface area contributed by atoms with Crippen LogP contribution in [0.4, 0.5) is 0 Å². The minimum atomic E-state index is -0.0449. The lowest BCUT2D eigenvalue weighted by molar-refractivity contribution is 0.270. The van der Waals surface area contributed by atoms with E-state index < -0.39 is 0 Å². The highest BCUT2D eigenvalue weighted by atomic mass is 79.9. The average molecular weight is 227 g/mol. The summed E-state index contributed by atoms with van der Waals surface area (Å²) in [4.78, 5) is 4.06. The van der Waals surface area contributed by atoms with Gasteiger partial charge in [0, 0.05) is 0 Å². The van der Waals surface area contributed by atoms with Crippen molar-refractivity contribution in [2.75, 3.05) is 0 Å². The fourth-order valence-corrected chi connectivity index (χ4v) is 1.74. The fourth-order valence-electron chi connectivity index (χ4n) is 1.18. The molecule has 4 heteroatoms. The number of fused-ring (bicyclic) bond motifs is 1. The van der Waals surface area contributed by atoms with Gasteiger partial charge in [0.1, 0.15) is 12.4 Å². The number of rotatable bonds is 1. The number of pyridine rings is 1. The Bertz CT molecular complexity index is 410. The van der Waals surface area contributed by atoms with Crippen LogP contribution in [-0.4, -0.2) is 14.5 Å². The third-order valence-electron chi connectivity index (χ3n) is 1.72. The summed E-state index contributed by atoms with van der Waals surface area (Å²) in [5.74, 6) is 0.650. The first-order valence-electron chi connectivity index (χ1n) is 3.54. The lowest BCUT2D eigenvalue weighted by atomic mass is 10.4. The van der Waals surface area contributed by atoms with Crippen LogP contribution in [0, 0.1) is 0 Å². The SMILES string of the molecule is OCc1ncc2cccc(Br)n12. The maximum atomic E-state index is 8.94. The Morgan fingerprint density at radius 2 is 2.33 bits per heavy atom. The summed E-state index contributed by atoms with van der Waals surface area (Å²) in [5, 5.41) is 8.94. The van der Waals surface area contributed by atoms with Gasteiger partial charge in [-0.05, 0) is 28.1 Å². The summed E-state index contributed by atoms with van der Waals surface area (Å²) in [6.45, 7) is -0.0449. The minimum absolute atomic E-state index is 0.0449. The van der Waals surface area contributed by atoms with Crippen molar-refractivity contribution >= 4 is 21.4 Å². The smallest absolute Gasteiger partial charge is 0.139 e. The summed E-state index contributed by atoms with van der Waals surface area (Å²) >= 11 is 3.38. The fraction of sp³-hybridized carbons (Fsp3) is 0.125. The molecule has 0 aliphatic heterocycles. The molecular weight excluding hydrogens is 220 g/mol. The molecule has 0 atom stereocenters. The second-order valence-corrected chi connectivity index (χ2v) is 3.25. The number of aromatic nitrogens is 2. The third-order valence-corrected chi connectivity index (χ3v) is 2.34. The summed E-state index contributed by atoms with van der Waals surface area (Å²) in [5.41, 5.74) is 0.980. The van der Waals surface area contributed by atoms with Crippen LogP contribution >= 0.6 is 15.9 Å². The number of hydrogen-bond acceptors (Lipinski definition) is 2. The lowest BCUT2D eigenvalue weighted by Crippen LogP contribution is -1.94. The summed E-state index contributed by atoms with van der Waals surface area (Å²) in [7, 11) is 0. The van der Waals surface area contributed by atoms with Gasteiger partial charge in [-0.15, -0.1) is 0 Å². The standard InChI is InChI=1S/C8H7BrN2O/c9-7-3-1-2-6-4-10-8(5-12)11(6)7/h1-4,12H,5H2. The van der Waals surface area contributed by atoms with Crippen molar-refractivity contribution in [1.29, 1.82) is 0 Å². The number of aliphatic hydroxyl groups excluding tert-OH is 1. The van der Waals surface area contributed by atoms with E-state index in [-0.39, 0.29) is 6.61 Å². The molecule has 0 aliphatic carbocycles. The zero-order chi connectivity index (χ0) is 8.55. The second-order valence-electron chi connectivity index (χ2n) is 2.44. The maximum absolute atomic E-state index is 8.94. The molecule has 0 amide bonds.